The summed E-state index contributed by atoms with van der Waals surface area (Å²) in [5.41, 5.74) is 0.981. The van der Waals surface area contributed by atoms with Crippen LogP contribution in [0.15, 0.2) is 36.4 Å². The molecule has 0 spiro atoms. The van der Waals surface area contributed by atoms with E-state index in [4.69, 9.17) is 9.84 Å². The van der Waals surface area contributed by atoms with Crippen molar-refractivity contribution in [1.82, 2.24) is 0 Å². The van der Waals surface area contributed by atoms with Gasteiger partial charge in [-0.1, -0.05) is 12.1 Å². The van der Waals surface area contributed by atoms with E-state index in [9.17, 15) is 4.79 Å². The number of hydrogen-bond acceptors (Lipinski definition) is 3. The molecule has 0 saturated heterocycles. The summed E-state index contributed by atoms with van der Waals surface area (Å²) in [5, 5.41) is 8.45. The third kappa shape index (κ3) is 3.65. The highest BCUT2D eigenvalue weighted by molar-refractivity contribution is 5.79. The third-order valence-electron chi connectivity index (χ3n) is 2.13. The van der Waals surface area contributed by atoms with Gasteiger partial charge in [0.25, 0.3) is 0 Å². The number of carboxylic acid groups (broad SMARTS) is 1. The molecule has 0 unspecified atom stereocenters. The van der Waals surface area contributed by atoms with Gasteiger partial charge in [-0.05, 0) is 12.1 Å². The molecule has 0 amide bonds. The normalized spacial score (nSPS) is 10.4. The maximum absolute atomic E-state index is 10.3. The molecule has 1 aromatic carbocycles. The fourth-order valence-electron chi connectivity index (χ4n) is 1.26. The predicted octanol–water partition coefficient (Wildman–Crippen LogP) is 1.77. The van der Waals surface area contributed by atoms with Gasteiger partial charge in [0.2, 0.25) is 0 Å². The zero-order chi connectivity index (χ0) is 12.0. The van der Waals surface area contributed by atoms with E-state index in [0.29, 0.717) is 6.54 Å². The van der Waals surface area contributed by atoms with Crippen LogP contribution in [0.2, 0.25) is 0 Å². The zero-order valence-corrected chi connectivity index (χ0v) is 9.38. The molecule has 4 nitrogen and oxygen atoms in total. The molecule has 0 aliphatic carbocycles. The van der Waals surface area contributed by atoms with Gasteiger partial charge < -0.3 is 14.7 Å². The van der Waals surface area contributed by atoms with Crippen molar-refractivity contribution in [3.8, 4) is 5.75 Å². The summed E-state index contributed by atoms with van der Waals surface area (Å²) in [5.74, 6) is -0.148. The molecule has 1 N–H and O–H groups in total. The number of aliphatic carboxylic acids is 1. The molecule has 0 fully saturated rings. The highest BCUT2D eigenvalue weighted by atomic mass is 16.5. The molecular formula is C12H15NO3. The monoisotopic (exact) mass is 221 g/mol. The van der Waals surface area contributed by atoms with Crippen LogP contribution in [0.4, 0.5) is 5.69 Å². The van der Waals surface area contributed by atoms with Gasteiger partial charge in [0.15, 0.2) is 0 Å². The maximum atomic E-state index is 10.3. The SMILES string of the molecule is COc1cccc(N(C)C/C=C/C(=O)O)c1. The molecule has 0 saturated carbocycles. The van der Waals surface area contributed by atoms with Gasteiger partial charge in [-0.25, -0.2) is 4.79 Å². The number of likely N-dealkylation sites (N-methyl/N-ethyl adjacent to an activating group) is 1. The molecule has 0 aromatic heterocycles. The minimum Gasteiger partial charge on any atom is -0.497 e. The van der Waals surface area contributed by atoms with Crippen LogP contribution in [0, 0.1) is 0 Å². The van der Waals surface area contributed by atoms with Crippen molar-refractivity contribution >= 4 is 11.7 Å². The molecule has 16 heavy (non-hydrogen) atoms. The van der Waals surface area contributed by atoms with Crippen LogP contribution in [-0.4, -0.2) is 31.8 Å². The largest absolute Gasteiger partial charge is 0.497 e. The summed E-state index contributed by atoms with van der Waals surface area (Å²) in [4.78, 5) is 12.2. The van der Waals surface area contributed by atoms with Gasteiger partial charge in [0.1, 0.15) is 5.75 Å². The smallest absolute Gasteiger partial charge is 0.328 e. The van der Waals surface area contributed by atoms with Crippen molar-refractivity contribution in [2.24, 2.45) is 0 Å². The second-order valence-corrected chi connectivity index (χ2v) is 3.32. The van der Waals surface area contributed by atoms with Gasteiger partial charge in [0, 0.05) is 31.4 Å². The van der Waals surface area contributed by atoms with E-state index in [1.807, 2.05) is 36.2 Å². The van der Waals surface area contributed by atoms with Crippen LogP contribution < -0.4 is 9.64 Å². The molecule has 0 bridgehead atoms. The average molecular weight is 221 g/mol. The van der Waals surface area contributed by atoms with Crippen LogP contribution in [0.3, 0.4) is 0 Å². The minimum absolute atomic E-state index is 0.541. The zero-order valence-electron chi connectivity index (χ0n) is 9.38. The highest BCUT2D eigenvalue weighted by Gasteiger charge is 2.00. The van der Waals surface area contributed by atoms with Crippen LogP contribution >= 0.6 is 0 Å². The van der Waals surface area contributed by atoms with Gasteiger partial charge in [0.05, 0.1) is 7.11 Å². The molecule has 0 radical (unpaired) electrons. The number of nitrogens with zero attached hydrogens (tertiary/aromatic N) is 1. The first-order chi connectivity index (χ1) is 7.63. The lowest BCUT2D eigenvalue weighted by molar-refractivity contribution is -0.131. The quantitative estimate of drug-likeness (QED) is 0.770. The minimum atomic E-state index is -0.931. The van der Waals surface area contributed by atoms with E-state index >= 15 is 0 Å². The van der Waals surface area contributed by atoms with Crippen LogP contribution in [-0.2, 0) is 4.79 Å². The van der Waals surface area contributed by atoms with Gasteiger partial charge in [-0.2, -0.15) is 0 Å². The molecular weight excluding hydrogens is 206 g/mol. The van der Waals surface area contributed by atoms with E-state index in [1.54, 1.807) is 13.2 Å². The Morgan fingerprint density at radius 3 is 2.94 bits per heavy atom. The van der Waals surface area contributed by atoms with E-state index in [0.717, 1.165) is 17.5 Å². The van der Waals surface area contributed by atoms with Crippen molar-refractivity contribution in [3.63, 3.8) is 0 Å². The first-order valence-electron chi connectivity index (χ1n) is 4.88. The van der Waals surface area contributed by atoms with E-state index in [2.05, 4.69) is 0 Å². The van der Waals surface area contributed by atoms with E-state index < -0.39 is 5.97 Å². The van der Waals surface area contributed by atoms with Gasteiger partial charge in [-0.15, -0.1) is 0 Å². The van der Waals surface area contributed by atoms with Gasteiger partial charge >= 0.3 is 5.97 Å². The maximum Gasteiger partial charge on any atom is 0.328 e. The second kappa shape index (κ2) is 5.80. The first-order valence-corrected chi connectivity index (χ1v) is 4.88. The number of ether oxygens (including phenoxy) is 1. The number of rotatable bonds is 5. The Bertz CT molecular complexity index is 388. The van der Waals surface area contributed by atoms with Crippen LogP contribution in [0.1, 0.15) is 0 Å². The number of benzene rings is 1. The topological polar surface area (TPSA) is 49.8 Å². The van der Waals surface area contributed by atoms with Crippen LogP contribution in [0.5, 0.6) is 5.75 Å². The molecule has 0 aliphatic heterocycles. The Morgan fingerprint density at radius 1 is 1.56 bits per heavy atom. The molecule has 0 aliphatic rings. The van der Waals surface area contributed by atoms with Crippen LogP contribution in [0.25, 0.3) is 0 Å². The standard InChI is InChI=1S/C12H15NO3/c1-13(8-4-7-12(14)15)10-5-3-6-11(9-10)16-2/h3-7,9H,8H2,1-2H3,(H,14,15)/b7-4+. The Kier molecular flexibility index (Phi) is 4.39. The number of carboxylic acids is 1. The highest BCUT2D eigenvalue weighted by Crippen LogP contribution is 2.19. The molecule has 0 atom stereocenters. The van der Waals surface area contributed by atoms with Crippen molar-refractivity contribution in [1.29, 1.82) is 0 Å². The van der Waals surface area contributed by atoms with Crippen molar-refractivity contribution in [3.05, 3.63) is 36.4 Å². The molecule has 4 heteroatoms. The van der Waals surface area contributed by atoms with Crippen molar-refractivity contribution in [2.75, 3.05) is 25.6 Å². The average Bonchev–Trinajstić information content (AvgIpc) is 2.28. The Balaban J connectivity index is 2.65. The number of methoxy groups -OCH3 is 1. The summed E-state index contributed by atoms with van der Waals surface area (Å²) in [6, 6.07) is 7.60. The number of hydrogen-bond donors (Lipinski definition) is 1. The third-order valence-corrected chi connectivity index (χ3v) is 2.13. The summed E-state index contributed by atoms with van der Waals surface area (Å²) in [6.45, 7) is 0.541. The Morgan fingerprint density at radius 2 is 2.31 bits per heavy atom. The Labute approximate surface area is 94.8 Å². The second-order valence-electron chi connectivity index (χ2n) is 3.32. The summed E-state index contributed by atoms with van der Waals surface area (Å²) in [6.07, 6.45) is 2.73. The van der Waals surface area contributed by atoms with Gasteiger partial charge in [-0.3, -0.25) is 0 Å². The summed E-state index contributed by atoms with van der Waals surface area (Å²) >= 11 is 0. The van der Waals surface area contributed by atoms with E-state index in [1.165, 1.54) is 0 Å². The lowest BCUT2D eigenvalue weighted by Crippen LogP contribution is -2.16. The molecule has 1 aromatic rings. The fraction of sp³-hybridized carbons (Fsp3) is 0.250. The summed E-state index contributed by atoms with van der Waals surface area (Å²) in [7, 11) is 3.50. The lowest BCUT2D eigenvalue weighted by atomic mass is 10.3. The van der Waals surface area contributed by atoms with E-state index in [-0.39, 0.29) is 0 Å². The molecule has 86 valence electrons. The molecule has 1 rings (SSSR count). The predicted molar refractivity (Wildman–Crippen MR) is 63.0 cm³/mol. The number of anilines is 1. The van der Waals surface area contributed by atoms with Crippen molar-refractivity contribution in [2.45, 2.75) is 0 Å². The first kappa shape index (κ1) is 12.1. The van der Waals surface area contributed by atoms with Crippen molar-refractivity contribution < 1.29 is 14.6 Å². The lowest BCUT2D eigenvalue weighted by Gasteiger charge is -2.17. The summed E-state index contributed by atoms with van der Waals surface area (Å²) < 4.78 is 5.11. The Hall–Kier alpha value is -1.97. The molecule has 0 heterocycles. The number of carbonyl (C=O) groups is 1. The fourth-order valence-corrected chi connectivity index (χ4v) is 1.26.